The van der Waals surface area contributed by atoms with Crippen LogP contribution in [-0.2, 0) is 6.42 Å². The van der Waals surface area contributed by atoms with E-state index in [0.29, 0.717) is 6.10 Å². The Morgan fingerprint density at radius 3 is 2.77 bits per heavy atom. The summed E-state index contributed by atoms with van der Waals surface area (Å²) in [6, 6.07) is 3.88. The van der Waals surface area contributed by atoms with Crippen molar-refractivity contribution >= 4 is 0 Å². The molecule has 0 atom stereocenters. The summed E-state index contributed by atoms with van der Waals surface area (Å²) in [4.78, 5) is 6.58. The molecule has 3 heterocycles. The lowest BCUT2D eigenvalue weighted by atomic mass is 10.1. The van der Waals surface area contributed by atoms with Crippen molar-refractivity contribution in [1.82, 2.24) is 15.0 Å². The quantitative estimate of drug-likeness (QED) is 0.850. The number of likely N-dealkylation sites (tertiary alicyclic amines) is 1. The molecule has 5 nitrogen and oxygen atoms in total. The second-order valence-electron chi connectivity index (χ2n) is 5.90. The van der Waals surface area contributed by atoms with E-state index in [4.69, 9.17) is 9.26 Å². The van der Waals surface area contributed by atoms with Gasteiger partial charge in [0.05, 0.1) is 11.9 Å². The molecular formula is C17H23N3O2. The fourth-order valence-corrected chi connectivity index (χ4v) is 2.99. The van der Waals surface area contributed by atoms with Gasteiger partial charge in [-0.05, 0) is 45.2 Å². The molecule has 1 aliphatic rings. The van der Waals surface area contributed by atoms with Crippen LogP contribution in [0, 0.1) is 13.8 Å². The summed E-state index contributed by atoms with van der Waals surface area (Å²) in [6.07, 6.45) is 7.00. The third-order valence-corrected chi connectivity index (χ3v) is 4.33. The minimum atomic E-state index is 0.305. The summed E-state index contributed by atoms with van der Waals surface area (Å²) in [5.74, 6) is 1.82. The normalized spacial score (nSPS) is 16.8. The molecule has 0 spiro atoms. The number of piperidine rings is 1. The maximum atomic E-state index is 5.98. The predicted octanol–water partition coefficient (Wildman–Crippen LogP) is 2.77. The molecule has 0 saturated carbocycles. The molecule has 1 saturated heterocycles. The van der Waals surface area contributed by atoms with Gasteiger partial charge in [0.1, 0.15) is 17.6 Å². The van der Waals surface area contributed by atoms with E-state index < -0.39 is 0 Å². The van der Waals surface area contributed by atoms with E-state index in [-0.39, 0.29) is 0 Å². The first-order valence-electron chi connectivity index (χ1n) is 7.93. The molecule has 0 bridgehead atoms. The van der Waals surface area contributed by atoms with Crippen molar-refractivity contribution in [2.45, 2.75) is 39.2 Å². The van der Waals surface area contributed by atoms with Crippen LogP contribution in [0.15, 0.2) is 29.0 Å². The molecule has 2 aromatic rings. The second-order valence-corrected chi connectivity index (χ2v) is 5.90. The van der Waals surface area contributed by atoms with Gasteiger partial charge in [-0.2, -0.15) is 0 Å². The number of hydrogen-bond donors (Lipinski definition) is 0. The van der Waals surface area contributed by atoms with Crippen LogP contribution in [0.2, 0.25) is 0 Å². The molecule has 0 N–H and O–H groups in total. The Bertz CT molecular complexity index is 570. The van der Waals surface area contributed by atoms with Gasteiger partial charge in [-0.15, -0.1) is 0 Å². The van der Waals surface area contributed by atoms with E-state index in [1.165, 1.54) is 5.56 Å². The van der Waals surface area contributed by atoms with E-state index in [0.717, 1.165) is 56.1 Å². The number of pyridine rings is 1. The first kappa shape index (κ1) is 15.0. The van der Waals surface area contributed by atoms with Crippen LogP contribution >= 0.6 is 0 Å². The number of ether oxygens (including phenoxy) is 1. The van der Waals surface area contributed by atoms with Crippen molar-refractivity contribution in [3.05, 3.63) is 41.5 Å². The molecule has 5 heteroatoms. The highest BCUT2D eigenvalue weighted by Gasteiger charge is 2.21. The lowest BCUT2D eigenvalue weighted by Crippen LogP contribution is -2.39. The lowest BCUT2D eigenvalue weighted by molar-refractivity contribution is 0.101. The largest absolute Gasteiger partial charge is 0.489 e. The van der Waals surface area contributed by atoms with Gasteiger partial charge >= 0.3 is 0 Å². The van der Waals surface area contributed by atoms with Crippen molar-refractivity contribution in [3.63, 3.8) is 0 Å². The Morgan fingerprint density at radius 1 is 1.32 bits per heavy atom. The Balaban J connectivity index is 1.44. The highest BCUT2D eigenvalue weighted by atomic mass is 16.5. The van der Waals surface area contributed by atoms with Gasteiger partial charge in [-0.1, -0.05) is 5.16 Å². The van der Waals surface area contributed by atoms with Crippen molar-refractivity contribution < 1.29 is 9.26 Å². The zero-order chi connectivity index (χ0) is 15.4. The topological polar surface area (TPSA) is 51.4 Å². The molecule has 0 radical (unpaired) electrons. The van der Waals surface area contributed by atoms with E-state index in [1.807, 2.05) is 26.0 Å². The Labute approximate surface area is 131 Å². The number of aromatic nitrogens is 2. The molecular weight excluding hydrogens is 278 g/mol. The van der Waals surface area contributed by atoms with Gasteiger partial charge in [0.15, 0.2) is 0 Å². The van der Waals surface area contributed by atoms with Crippen molar-refractivity contribution in [3.8, 4) is 5.75 Å². The third-order valence-electron chi connectivity index (χ3n) is 4.33. The molecule has 3 rings (SSSR count). The molecule has 118 valence electrons. The van der Waals surface area contributed by atoms with E-state index in [1.54, 1.807) is 12.4 Å². The minimum absolute atomic E-state index is 0.305. The molecule has 1 fully saturated rings. The Kier molecular flexibility index (Phi) is 4.73. The number of rotatable bonds is 5. The zero-order valence-electron chi connectivity index (χ0n) is 13.3. The molecule has 0 amide bonds. The zero-order valence-corrected chi connectivity index (χ0v) is 13.3. The van der Waals surface area contributed by atoms with Gasteiger partial charge in [0.25, 0.3) is 0 Å². The van der Waals surface area contributed by atoms with E-state index >= 15 is 0 Å². The van der Waals surface area contributed by atoms with Crippen molar-refractivity contribution in [2.75, 3.05) is 19.6 Å². The number of aryl methyl sites for hydroxylation is 2. The van der Waals surface area contributed by atoms with Gasteiger partial charge in [0.2, 0.25) is 0 Å². The minimum Gasteiger partial charge on any atom is -0.489 e. The average molecular weight is 301 g/mol. The predicted molar refractivity (Wildman–Crippen MR) is 84.0 cm³/mol. The van der Waals surface area contributed by atoms with Crippen LogP contribution in [0.25, 0.3) is 0 Å². The third kappa shape index (κ3) is 3.65. The summed E-state index contributed by atoms with van der Waals surface area (Å²) in [7, 11) is 0. The fraction of sp³-hybridized carbons (Fsp3) is 0.529. The standard InChI is InChI=1S/C17H23N3O2/c1-13-17(14(2)22-19-13)7-11-20-9-5-15(6-10-20)21-16-4-3-8-18-12-16/h3-4,8,12,15H,5-7,9-11H2,1-2H3. The first-order chi connectivity index (χ1) is 10.7. The van der Waals surface area contributed by atoms with Gasteiger partial charge in [-0.3, -0.25) is 4.98 Å². The van der Waals surface area contributed by atoms with Gasteiger partial charge < -0.3 is 14.2 Å². The highest BCUT2D eigenvalue weighted by molar-refractivity contribution is 5.21. The smallest absolute Gasteiger partial charge is 0.137 e. The van der Waals surface area contributed by atoms with Crippen molar-refractivity contribution in [1.29, 1.82) is 0 Å². The summed E-state index contributed by atoms with van der Waals surface area (Å²) in [6.45, 7) is 7.22. The molecule has 22 heavy (non-hydrogen) atoms. The SMILES string of the molecule is Cc1noc(C)c1CCN1CCC(Oc2cccnc2)CC1. The lowest BCUT2D eigenvalue weighted by Gasteiger charge is -2.32. The Morgan fingerprint density at radius 2 is 2.14 bits per heavy atom. The molecule has 0 aliphatic carbocycles. The van der Waals surface area contributed by atoms with Crippen LogP contribution in [0.5, 0.6) is 5.75 Å². The average Bonchev–Trinajstić information content (AvgIpc) is 2.86. The summed E-state index contributed by atoms with van der Waals surface area (Å²) >= 11 is 0. The van der Waals surface area contributed by atoms with Crippen LogP contribution in [0.4, 0.5) is 0 Å². The number of hydrogen-bond acceptors (Lipinski definition) is 5. The molecule has 0 unspecified atom stereocenters. The maximum Gasteiger partial charge on any atom is 0.137 e. The van der Waals surface area contributed by atoms with E-state index in [9.17, 15) is 0 Å². The van der Waals surface area contributed by atoms with Crippen LogP contribution in [-0.4, -0.2) is 40.8 Å². The van der Waals surface area contributed by atoms with Crippen LogP contribution in [0.1, 0.15) is 29.9 Å². The maximum absolute atomic E-state index is 5.98. The molecule has 2 aromatic heterocycles. The van der Waals surface area contributed by atoms with Gasteiger partial charge in [-0.25, -0.2) is 0 Å². The molecule has 1 aliphatic heterocycles. The first-order valence-corrected chi connectivity index (χ1v) is 7.93. The van der Waals surface area contributed by atoms with Crippen LogP contribution in [0.3, 0.4) is 0 Å². The van der Waals surface area contributed by atoms with Crippen molar-refractivity contribution in [2.24, 2.45) is 0 Å². The monoisotopic (exact) mass is 301 g/mol. The summed E-state index contributed by atoms with van der Waals surface area (Å²) in [5, 5.41) is 4.02. The van der Waals surface area contributed by atoms with Gasteiger partial charge in [0, 0.05) is 31.4 Å². The molecule has 0 aromatic carbocycles. The van der Waals surface area contributed by atoms with E-state index in [2.05, 4.69) is 15.0 Å². The summed E-state index contributed by atoms with van der Waals surface area (Å²) in [5.41, 5.74) is 2.28. The highest BCUT2D eigenvalue weighted by Crippen LogP contribution is 2.19. The fourth-order valence-electron chi connectivity index (χ4n) is 2.99. The number of nitrogens with zero attached hydrogens (tertiary/aromatic N) is 3. The summed E-state index contributed by atoms with van der Waals surface area (Å²) < 4.78 is 11.2. The second kappa shape index (κ2) is 6.92. The Hall–Kier alpha value is -1.88. The van der Waals surface area contributed by atoms with Crippen LogP contribution < -0.4 is 4.74 Å².